The Morgan fingerprint density at radius 1 is 1.42 bits per heavy atom. The molecule has 0 N–H and O–H groups in total. The molecule has 2 heterocycles. The molecule has 6 nitrogen and oxygen atoms in total. The number of nitrogens with zero attached hydrogens (tertiary/aromatic N) is 5. The molecule has 0 radical (unpaired) electrons. The van der Waals surface area contributed by atoms with Crippen molar-refractivity contribution in [2.75, 3.05) is 0 Å². The number of hydrogen-bond acceptors (Lipinski definition) is 5. The van der Waals surface area contributed by atoms with Crippen LogP contribution in [-0.2, 0) is 13.0 Å². The van der Waals surface area contributed by atoms with Crippen LogP contribution in [0.2, 0.25) is 0 Å². The molecule has 0 saturated heterocycles. The molecular formula is C12H18ClN5O. The van der Waals surface area contributed by atoms with Crippen LogP contribution in [0.3, 0.4) is 0 Å². The summed E-state index contributed by atoms with van der Waals surface area (Å²) in [5, 5.41) is 11.9. The Morgan fingerprint density at radius 3 is 2.89 bits per heavy atom. The van der Waals surface area contributed by atoms with Crippen molar-refractivity contribution in [2.45, 2.75) is 45.5 Å². The van der Waals surface area contributed by atoms with Gasteiger partial charge in [0.05, 0.1) is 11.6 Å². The van der Waals surface area contributed by atoms with E-state index in [-0.39, 0.29) is 5.38 Å². The van der Waals surface area contributed by atoms with Crippen LogP contribution >= 0.6 is 11.6 Å². The third-order valence-corrected chi connectivity index (χ3v) is 3.17. The molecule has 19 heavy (non-hydrogen) atoms. The van der Waals surface area contributed by atoms with Gasteiger partial charge in [-0.25, -0.2) is 4.68 Å². The maximum atomic E-state index is 6.10. The Morgan fingerprint density at radius 2 is 2.21 bits per heavy atom. The molecule has 0 aliphatic carbocycles. The predicted octanol–water partition coefficient (Wildman–Crippen LogP) is 2.60. The van der Waals surface area contributed by atoms with Crippen LogP contribution in [0.25, 0.3) is 0 Å². The summed E-state index contributed by atoms with van der Waals surface area (Å²) in [4.78, 5) is 4.32. The van der Waals surface area contributed by atoms with Crippen LogP contribution in [0.1, 0.15) is 50.0 Å². The van der Waals surface area contributed by atoms with E-state index < -0.39 is 0 Å². The van der Waals surface area contributed by atoms with Crippen molar-refractivity contribution < 1.29 is 4.52 Å². The van der Waals surface area contributed by atoms with Crippen LogP contribution in [0.15, 0.2) is 10.7 Å². The summed E-state index contributed by atoms with van der Waals surface area (Å²) in [7, 11) is 0. The first-order valence-corrected chi connectivity index (χ1v) is 6.87. The topological polar surface area (TPSA) is 69.6 Å². The highest BCUT2D eigenvalue weighted by molar-refractivity contribution is 6.20. The van der Waals surface area contributed by atoms with Crippen molar-refractivity contribution in [3.63, 3.8) is 0 Å². The molecule has 0 aliphatic heterocycles. The van der Waals surface area contributed by atoms with E-state index in [1.54, 1.807) is 4.68 Å². The second-order valence-corrected chi connectivity index (χ2v) is 5.45. The lowest BCUT2D eigenvalue weighted by atomic mass is 10.1. The zero-order chi connectivity index (χ0) is 13.8. The van der Waals surface area contributed by atoms with Gasteiger partial charge < -0.3 is 4.52 Å². The molecule has 0 bridgehead atoms. The van der Waals surface area contributed by atoms with Crippen LogP contribution in [-0.4, -0.2) is 25.1 Å². The van der Waals surface area contributed by atoms with E-state index in [0.29, 0.717) is 18.4 Å². The van der Waals surface area contributed by atoms with Crippen LogP contribution < -0.4 is 0 Å². The number of alkyl halides is 1. The highest BCUT2D eigenvalue weighted by Gasteiger charge is 2.13. The zero-order valence-electron chi connectivity index (χ0n) is 11.4. The average Bonchev–Trinajstić information content (AvgIpc) is 2.98. The summed E-state index contributed by atoms with van der Waals surface area (Å²) in [5.74, 6) is 1.77. The van der Waals surface area contributed by atoms with Gasteiger partial charge in [-0.15, -0.1) is 16.7 Å². The molecule has 0 saturated carbocycles. The lowest BCUT2D eigenvalue weighted by molar-refractivity contribution is 0.358. The van der Waals surface area contributed by atoms with Gasteiger partial charge in [0, 0.05) is 6.42 Å². The van der Waals surface area contributed by atoms with Crippen molar-refractivity contribution in [3.8, 4) is 0 Å². The van der Waals surface area contributed by atoms with Crippen LogP contribution in [0.4, 0.5) is 0 Å². The molecule has 0 aromatic carbocycles. The van der Waals surface area contributed by atoms with E-state index in [9.17, 15) is 0 Å². The van der Waals surface area contributed by atoms with Crippen molar-refractivity contribution in [3.05, 3.63) is 23.6 Å². The molecule has 2 rings (SSSR count). The van der Waals surface area contributed by atoms with Crippen molar-refractivity contribution in [2.24, 2.45) is 5.92 Å². The minimum Gasteiger partial charge on any atom is -0.337 e. The summed E-state index contributed by atoms with van der Waals surface area (Å²) in [6.07, 6.45) is 3.44. The molecule has 0 fully saturated rings. The van der Waals surface area contributed by atoms with Gasteiger partial charge in [-0.3, -0.25) is 0 Å². The second kappa shape index (κ2) is 6.14. The summed E-state index contributed by atoms with van der Waals surface area (Å²) in [5.41, 5.74) is 0.770. The Labute approximate surface area is 117 Å². The summed E-state index contributed by atoms with van der Waals surface area (Å²) >= 11 is 6.10. The van der Waals surface area contributed by atoms with Gasteiger partial charge in [0.15, 0.2) is 5.82 Å². The van der Waals surface area contributed by atoms with Gasteiger partial charge >= 0.3 is 0 Å². The Balaban J connectivity index is 2.00. The number of rotatable bonds is 6. The first-order chi connectivity index (χ1) is 9.08. The lowest BCUT2D eigenvalue weighted by Crippen LogP contribution is -2.01. The number of halogens is 1. The van der Waals surface area contributed by atoms with E-state index >= 15 is 0 Å². The van der Waals surface area contributed by atoms with Crippen LogP contribution in [0.5, 0.6) is 0 Å². The van der Waals surface area contributed by atoms with E-state index in [4.69, 9.17) is 16.1 Å². The lowest BCUT2D eigenvalue weighted by Gasteiger charge is -1.98. The Bertz CT molecular complexity index is 522. The third kappa shape index (κ3) is 3.76. The fraction of sp³-hybridized carbons (Fsp3) is 0.667. The minimum absolute atomic E-state index is 0.104. The molecule has 2 aromatic rings. The van der Waals surface area contributed by atoms with Gasteiger partial charge in [-0.05, 0) is 12.3 Å². The summed E-state index contributed by atoms with van der Waals surface area (Å²) in [6, 6.07) is 0. The van der Waals surface area contributed by atoms with Gasteiger partial charge in [-0.2, -0.15) is 4.98 Å². The van der Waals surface area contributed by atoms with Gasteiger partial charge in [0.25, 0.3) is 0 Å². The van der Waals surface area contributed by atoms with Gasteiger partial charge in [0.1, 0.15) is 12.2 Å². The summed E-state index contributed by atoms with van der Waals surface area (Å²) in [6.45, 7) is 6.66. The van der Waals surface area contributed by atoms with E-state index in [1.807, 2.05) is 13.1 Å². The molecule has 104 valence electrons. The van der Waals surface area contributed by atoms with Crippen molar-refractivity contribution >= 4 is 11.6 Å². The second-order valence-electron chi connectivity index (χ2n) is 4.92. The monoisotopic (exact) mass is 283 g/mol. The first-order valence-electron chi connectivity index (χ1n) is 6.44. The van der Waals surface area contributed by atoms with Gasteiger partial charge in [-0.1, -0.05) is 31.1 Å². The Kier molecular flexibility index (Phi) is 4.52. The summed E-state index contributed by atoms with van der Waals surface area (Å²) < 4.78 is 6.84. The standard InChI is InChI=1S/C12H18ClN5O/c1-4-9(13)10-6-18(17-15-10)7-12-14-11(16-19-12)5-8(2)3/h6,8-9H,4-5,7H2,1-3H3. The van der Waals surface area contributed by atoms with E-state index in [1.165, 1.54) is 0 Å². The number of aromatic nitrogens is 5. The van der Waals surface area contributed by atoms with Crippen molar-refractivity contribution in [1.29, 1.82) is 0 Å². The highest BCUT2D eigenvalue weighted by atomic mass is 35.5. The molecule has 0 spiro atoms. The predicted molar refractivity (Wildman–Crippen MR) is 70.8 cm³/mol. The molecule has 1 unspecified atom stereocenters. The van der Waals surface area contributed by atoms with E-state index in [0.717, 1.165) is 24.4 Å². The normalized spacial score (nSPS) is 13.1. The molecule has 1 atom stereocenters. The fourth-order valence-electron chi connectivity index (χ4n) is 1.68. The molecule has 2 aromatic heterocycles. The maximum Gasteiger partial charge on any atom is 0.248 e. The largest absolute Gasteiger partial charge is 0.337 e. The molecule has 0 amide bonds. The zero-order valence-corrected chi connectivity index (χ0v) is 12.1. The average molecular weight is 284 g/mol. The number of hydrogen-bond donors (Lipinski definition) is 0. The van der Waals surface area contributed by atoms with Crippen molar-refractivity contribution in [1.82, 2.24) is 25.1 Å². The quantitative estimate of drug-likeness (QED) is 0.762. The SMILES string of the molecule is CCC(Cl)c1cn(Cc2nc(CC(C)C)no2)nn1. The highest BCUT2D eigenvalue weighted by Crippen LogP contribution is 2.20. The first kappa shape index (κ1) is 14.0. The molecule has 0 aliphatic rings. The van der Waals surface area contributed by atoms with Crippen LogP contribution in [0, 0.1) is 5.92 Å². The minimum atomic E-state index is -0.104. The third-order valence-electron chi connectivity index (χ3n) is 2.63. The Hall–Kier alpha value is -1.43. The fourth-order valence-corrected chi connectivity index (χ4v) is 1.78. The van der Waals surface area contributed by atoms with E-state index in [2.05, 4.69) is 34.3 Å². The van der Waals surface area contributed by atoms with Gasteiger partial charge in [0.2, 0.25) is 5.89 Å². The molecular weight excluding hydrogens is 266 g/mol. The maximum absolute atomic E-state index is 6.10. The smallest absolute Gasteiger partial charge is 0.248 e. The molecule has 7 heteroatoms.